The maximum absolute atomic E-state index is 5.60. The van der Waals surface area contributed by atoms with Gasteiger partial charge in [0.05, 0.1) is 6.61 Å². The Morgan fingerprint density at radius 2 is 2.16 bits per heavy atom. The lowest BCUT2D eigenvalue weighted by Crippen LogP contribution is -2.35. The van der Waals surface area contributed by atoms with Gasteiger partial charge in [-0.1, -0.05) is 35.7 Å². The Hall–Kier alpha value is -0.840. The molecule has 1 heterocycles. The standard InChI is InChI=1S/C14H22BrN3O/c1-2-9-19-14-10-13(16-11-17-14)18(8-7-15)12-5-3-4-6-12/h10-12H,2-9H2,1H3. The molecule has 0 amide bonds. The molecular weight excluding hydrogens is 306 g/mol. The lowest BCUT2D eigenvalue weighted by atomic mass is 10.2. The van der Waals surface area contributed by atoms with Crippen molar-refractivity contribution in [1.29, 1.82) is 0 Å². The molecule has 0 saturated heterocycles. The Labute approximate surface area is 123 Å². The van der Waals surface area contributed by atoms with Crippen LogP contribution < -0.4 is 9.64 Å². The van der Waals surface area contributed by atoms with Crippen LogP contribution in [0.5, 0.6) is 5.88 Å². The number of nitrogens with zero attached hydrogens (tertiary/aromatic N) is 3. The highest BCUT2D eigenvalue weighted by molar-refractivity contribution is 9.09. The van der Waals surface area contributed by atoms with Gasteiger partial charge in [-0.2, -0.15) is 0 Å². The average molecular weight is 328 g/mol. The van der Waals surface area contributed by atoms with Crippen LogP contribution in [0.4, 0.5) is 5.82 Å². The molecule has 2 rings (SSSR count). The van der Waals surface area contributed by atoms with E-state index in [1.807, 2.05) is 6.07 Å². The highest BCUT2D eigenvalue weighted by atomic mass is 79.9. The van der Waals surface area contributed by atoms with Crippen molar-refractivity contribution >= 4 is 21.7 Å². The number of anilines is 1. The minimum atomic E-state index is 0.617. The van der Waals surface area contributed by atoms with Gasteiger partial charge in [0.1, 0.15) is 12.1 Å². The van der Waals surface area contributed by atoms with Crippen LogP contribution in [0, 0.1) is 0 Å². The molecular formula is C14H22BrN3O. The van der Waals surface area contributed by atoms with Crippen molar-refractivity contribution in [3.63, 3.8) is 0 Å². The SMILES string of the molecule is CCCOc1cc(N(CCBr)C2CCCC2)ncn1. The van der Waals surface area contributed by atoms with Gasteiger partial charge in [0, 0.05) is 24.0 Å². The van der Waals surface area contributed by atoms with Crippen LogP contribution in [0.3, 0.4) is 0 Å². The van der Waals surface area contributed by atoms with E-state index in [0.29, 0.717) is 18.5 Å². The normalized spacial score (nSPS) is 15.7. The third kappa shape index (κ3) is 4.06. The second-order valence-electron chi connectivity index (χ2n) is 4.88. The van der Waals surface area contributed by atoms with E-state index in [0.717, 1.165) is 24.1 Å². The summed E-state index contributed by atoms with van der Waals surface area (Å²) in [7, 11) is 0. The molecule has 1 aromatic heterocycles. The molecule has 0 spiro atoms. The molecule has 0 aromatic carbocycles. The van der Waals surface area contributed by atoms with Crippen molar-refractivity contribution in [3.05, 3.63) is 12.4 Å². The van der Waals surface area contributed by atoms with Crippen LogP contribution in [0.2, 0.25) is 0 Å². The zero-order valence-electron chi connectivity index (χ0n) is 11.5. The van der Waals surface area contributed by atoms with Crippen LogP contribution >= 0.6 is 15.9 Å². The van der Waals surface area contributed by atoms with E-state index in [9.17, 15) is 0 Å². The fraction of sp³-hybridized carbons (Fsp3) is 0.714. The number of ether oxygens (including phenoxy) is 1. The number of halogens is 1. The fourth-order valence-electron chi connectivity index (χ4n) is 2.56. The first-order valence-corrected chi connectivity index (χ1v) is 8.24. The van der Waals surface area contributed by atoms with Gasteiger partial charge < -0.3 is 9.64 Å². The van der Waals surface area contributed by atoms with Gasteiger partial charge >= 0.3 is 0 Å². The predicted molar refractivity (Wildman–Crippen MR) is 81.2 cm³/mol. The molecule has 106 valence electrons. The van der Waals surface area contributed by atoms with E-state index in [2.05, 4.69) is 37.7 Å². The second kappa shape index (κ2) is 7.68. The van der Waals surface area contributed by atoms with Gasteiger partial charge in [0.2, 0.25) is 5.88 Å². The summed E-state index contributed by atoms with van der Waals surface area (Å²) in [5, 5.41) is 0.957. The molecule has 1 aliphatic carbocycles. The number of alkyl halides is 1. The van der Waals surface area contributed by atoms with Crippen LogP contribution in [-0.4, -0.2) is 34.5 Å². The summed E-state index contributed by atoms with van der Waals surface area (Å²) in [4.78, 5) is 11.0. The van der Waals surface area contributed by atoms with E-state index in [1.165, 1.54) is 25.7 Å². The van der Waals surface area contributed by atoms with Crippen molar-refractivity contribution in [2.45, 2.75) is 45.1 Å². The maximum Gasteiger partial charge on any atom is 0.218 e. The molecule has 0 N–H and O–H groups in total. The third-order valence-corrected chi connectivity index (χ3v) is 3.82. The highest BCUT2D eigenvalue weighted by Crippen LogP contribution is 2.28. The van der Waals surface area contributed by atoms with Crippen molar-refractivity contribution in [2.75, 3.05) is 23.4 Å². The molecule has 0 aliphatic heterocycles. The molecule has 0 radical (unpaired) electrons. The Bertz CT molecular complexity index is 383. The lowest BCUT2D eigenvalue weighted by Gasteiger charge is -2.29. The Balaban J connectivity index is 2.11. The highest BCUT2D eigenvalue weighted by Gasteiger charge is 2.23. The number of aromatic nitrogens is 2. The molecule has 1 aromatic rings. The first-order valence-electron chi connectivity index (χ1n) is 7.12. The van der Waals surface area contributed by atoms with Crippen molar-refractivity contribution in [2.24, 2.45) is 0 Å². The first-order chi connectivity index (χ1) is 9.35. The van der Waals surface area contributed by atoms with Crippen LogP contribution in [0.1, 0.15) is 39.0 Å². The molecule has 19 heavy (non-hydrogen) atoms. The Morgan fingerprint density at radius 3 is 2.84 bits per heavy atom. The van der Waals surface area contributed by atoms with Crippen molar-refractivity contribution in [1.82, 2.24) is 9.97 Å². The summed E-state index contributed by atoms with van der Waals surface area (Å²) in [6, 6.07) is 2.59. The van der Waals surface area contributed by atoms with Gasteiger partial charge in [0.15, 0.2) is 0 Å². The number of hydrogen-bond donors (Lipinski definition) is 0. The van der Waals surface area contributed by atoms with Gasteiger partial charge in [-0.05, 0) is 19.3 Å². The zero-order valence-corrected chi connectivity index (χ0v) is 13.1. The van der Waals surface area contributed by atoms with Gasteiger partial charge in [-0.3, -0.25) is 0 Å². The minimum Gasteiger partial charge on any atom is -0.478 e. The minimum absolute atomic E-state index is 0.617. The van der Waals surface area contributed by atoms with Crippen LogP contribution in [-0.2, 0) is 0 Å². The molecule has 4 nitrogen and oxygen atoms in total. The fourth-order valence-corrected chi connectivity index (χ4v) is 2.95. The number of rotatable bonds is 7. The third-order valence-electron chi connectivity index (χ3n) is 3.47. The van der Waals surface area contributed by atoms with Crippen molar-refractivity contribution in [3.8, 4) is 5.88 Å². The summed E-state index contributed by atoms with van der Waals surface area (Å²) in [6.45, 7) is 3.78. The largest absolute Gasteiger partial charge is 0.478 e. The maximum atomic E-state index is 5.60. The molecule has 1 fully saturated rings. The smallest absolute Gasteiger partial charge is 0.218 e. The van der Waals surface area contributed by atoms with E-state index >= 15 is 0 Å². The van der Waals surface area contributed by atoms with Crippen molar-refractivity contribution < 1.29 is 4.74 Å². The van der Waals surface area contributed by atoms with Gasteiger partial charge in [0.25, 0.3) is 0 Å². The van der Waals surface area contributed by atoms with E-state index < -0.39 is 0 Å². The molecule has 1 saturated carbocycles. The second-order valence-corrected chi connectivity index (χ2v) is 5.68. The Kier molecular flexibility index (Phi) is 5.89. The molecule has 0 atom stereocenters. The van der Waals surface area contributed by atoms with E-state index in [1.54, 1.807) is 6.33 Å². The molecule has 0 unspecified atom stereocenters. The van der Waals surface area contributed by atoms with E-state index in [-0.39, 0.29) is 0 Å². The van der Waals surface area contributed by atoms with E-state index in [4.69, 9.17) is 4.74 Å². The van der Waals surface area contributed by atoms with Gasteiger partial charge in [-0.15, -0.1) is 0 Å². The molecule has 1 aliphatic rings. The number of hydrogen-bond acceptors (Lipinski definition) is 4. The summed E-state index contributed by atoms with van der Waals surface area (Å²) in [5.74, 6) is 1.68. The van der Waals surface area contributed by atoms with Crippen LogP contribution in [0.25, 0.3) is 0 Å². The predicted octanol–water partition coefficient (Wildman–Crippen LogP) is 3.41. The lowest BCUT2D eigenvalue weighted by molar-refractivity contribution is 0.304. The molecule has 5 heteroatoms. The summed E-state index contributed by atoms with van der Waals surface area (Å²) < 4.78 is 5.60. The Morgan fingerprint density at radius 1 is 1.37 bits per heavy atom. The zero-order chi connectivity index (χ0) is 13.5. The summed E-state index contributed by atoms with van der Waals surface area (Å²) in [6.07, 6.45) is 7.79. The van der Waals surface area contributed by atoms with Gasteiger partial charge in [-0.25, -0.2) is 9.97 Å². The summed E-state index contributed by atoms with van der Waals surface area (Å²) in [5.41, 5.74) is 0. The molecule has 0 bridgehead atoms. The summed E-state index contributed by atoms with van der Waals surface area (Å²) >= 11 is 3.54. The average Bonchev–Trinajstić information content (AvgIpc) is 2.96. The monoisotopic (exact) mass is 327 g/mol. The topological polar surface area (TPSA) is 38.2 Å². The first kappa shape index (κ1) is 14.6. The van der Waals surface area contributed by atoms with Crippen LogP contribution in [0.15, 0.2) is 12.4 Å². The quantitative estimate of drug-likeness (QED) is 0.719.